The summed E-state index contributed by atoms with van der Waals surface area (Å²) < 4.78 is 20.5. The molecule has 0 rings (SSSR count). The molecular formula is C8H20NaO4P. The van der Waals surface area contributed by atoms with Crippen molar-refractivity contribution in [1.82, 2.24) is 0 Å². The Balaban J connectivity index is 0. The second-order valence-electron chi connectivity index (χ2n) is 2.84. The van der Waals surface area contributed by atoms with Gasteiger partial charge in [-0.2, -0.15) is 0 Å². The molecule has 0 aromatic rings. The summed E-state index contributed by atoms with van der Waals surface area (Å²) in [6.07, 6.45) is 3.44. The zero-order chi connectivity index (χ0) is 10.2. The zero-order valence-electron chi connectivity index (χ0n) is 8.36. The molecule has 0 aliphatic heterocycles. The van der Waals surface area contributed by atoms with Crippen molar-refractivity contribution in [1.29, 1.82) is 0 Å². The molecule has 0 atom stereocenters. The molecule has 0 aliphatic rings. The maximum atomic E-state index is 11.1. The summed E-state index contributed by atoms with van der Waals surface area (Å²) in [6, 6.07) is 0. The van der Waals surface area contributed by atoms with E-state index < -0.39 is 7.82 Å². The minimum atomic E-state index is -3.75. The third-order valence-corrected chi connectivity index (χ3v) is 2.52. The summed E-state index contributed by atoms with van der Waals surface area (Å²) >= 11 is 0. The molecule has 0 saturated heterocycles. The van der Waals surface area contributed by atoms with E-state index in [9.17, 15) is 4.57 Å². The van der Waals surface area contributed by atoms with Gasteiger partial charge < -0.3 is 4.89 Å². The van der Waals surface area contributed by atoms with Crippen LogP contribution in [0.5, 0.6) is 0 Å². The molecule has 4 nitrogen and oxygen atoms in total. The van der Waals surface area contributed by atoms with Gasteiger partial charge in [-0.05, 0) is 12.8 Å². The third kappa shape index (κ3) is 11.2. The summed E-state index contributed by atoms with van der Waals surface area (Å²) in [6.45, 7) is 4.56. The number of phosphoric ester groups is 1. The zero-order valence-corrected chi connectivity index (χ0v) is 9.26. The first-order valence-electron chi connectivity index (χ1n) is 4.74. The minimum absolute atomic E-state index is 0. The monoisotopic (exact) mass is 234 g/mol. The molecule has 0 unspecified atom stereocenters. The molecule has 0 aliphatic carbocycles. The van der Waals surface area contributed by atoms with Crippen molar-refractivity contribution in [3.05, 3.63) is 0 Å². The van der Waals surface area contributed by atoms with Crippen LogP contribution in [-0.4, -0.2) is 47.7 Å². The Hall–Kier alpha value is 1.11. The Bertz CT molecular complexity index is 151. The van der Waals surface area contributed by atoms with Gasteiger partial charge in [0.25, 0.3) is 0 Å². The Morgan fingerprint density at radius 3 is 1.71 bits per heavy atom. The van der Waals surface area contributed by atoms with E-state index in [-0.39, 0.29) is 42.8 Å². The van der Waals surface area contributed by atoms with Gasteiger partial charge in [0.1, 0.15) is 0 Å². The Kier molecular flexibility index (Phi) is 13.3. The number of unbranched alkanes of at least 4 members (excludes halogenated alkanes) is 2. The third-order valence-electron chi connectivity index (χ3n) is 1.50. The van der Waals surface area contributed by atoms with E-state index in [0.29, 0.717) is 0 Å². The van der Waals surface area contributed by atoms with Crippen molar-refractivity contribution < 1.29 is 18.5 Å². The number of hydrogen-bond acceptors (Lipinski definition) is 3. The van der Waals surface area contributed by atoms with Gasteiger partial charge in [-0.3, -0.25) is 9.05 Å². The van der Waals surface area contributed by atoms with Crippen molar-refractivity contribution in [2.24, 2.45) is 0 Å². The molecule has 0 spiro atoms. The van der Waals surface area contributed by atoms with Crippen molar-refractivity contribution in [2.45, 2.75) is 39.5 Å². The van der Waals surface area contributed by atoms with Gasteiger partial charge >= 0.3 is 37.4 Å². The van der Waals surface area contributed by atoms with Crippen molar-refractivity contribution in [3.8, 4) is 0 Å². The van der Waals surface area contributed by atoms with Crippen LogP contribution in [0.3, 0.4) is 0 Å². The van der Waals surface area contributed by atoms with Crippen molar-refractivity contribution >= 4 is 37.4 Å². The average Bonchev–Trinajstić information content (AvgIpc) is 2.05. The predicted molar refractivity (Wildman–Crippen MR) is 58.7 cm³/mol. The van der Waals surface area contributed by atoms with Crippen LogP contribution < -0.4 is 0 Å². The Morgan fingerprint density at radius 2 is 1.43 bits per heavy atom. The second kappa shape index (κ2) is 10.6. The number of hydrogen-bond donors (Lipinski definition) is 1. The van der Waals surface area contributed by atoms with Crippen LogP contribution in [0.4, 0.5) is 0 Å². The van der Waals surface area contributed by atoms with E-state index in [0.717, 1.165) is 25.7 Å². The van der Waals surface area contributed by atoms with Gasteiger partial charge in [0, 0.05) is 0 Å². The van der Waals surface area contributed by atoms with Crippen molar-refractivity contribution in [3.63, 3.8) is 0 Å². The van der Waals surface area contributed by atoms with Crippen LogP contribution in [0.2, 0.25) is 0 Å². The van der Waals surface area contributed by atoms with E-state index in [1.54, 1.807) is 0 Å². The quantitative estimate of drug-likeness (QED) is 0.397. The molecule has 1 N–H and O–H groups in total. The van der Waals surface area contributed by atoms with Crippen LogP contribution >= 0.6 is 7.82 Å². The van der Waals surface area contributed by atoms with Gasteiger partial charge in [-0.25, -0.2) is 4.57 Å². The average molecular weight is 234 g/mol. The molecule has 0 bridgehead atoms. The molecule has 0 saturated carbocycles. The van der Waals surface area contributed by atoms with E-state index in [1.165, 1.54) is 0 Å². The number of rotatable bonds is 8. The summed E-state index contributed by atoms with van der Waals surface area (Å²) in [5.41, 5.74) is 0. The van der Waals surface area contributed by atoms with Crippen LogP contribution in [0.15, 0.2) is 0 Å². The standard InChI is InChI=1S/C8H19O4P.Na.H/c1-3-5-7-11-13(9,10)12-8-6-4-2;;/h3-8H2,1-2H3,(H,9,10);;. The van der Waals surface area contributed by atoms with Gasteiger partial charge in [0.05, 0.1) is 13.2 Å². The first kappa shape index (κ1) is 17.5. The predicted octanol–water partition coefficient (Wildman–Crippen LogP) is 2.07. The molecule has 6 heteroatoms. The molecule has 0 fully saturated rings. The fraction of sp³-hybridized carbons (Fsp3) is 1.00. The fourth-order valence-electron chi connectivity index (χ4n) is 0.686. The number of phosphoric acid groups is 1. The maximum absolute atomic E-state index is 11.1. The van der Waals surface area contributed by atoms with Gasteiger partial charge in [0.2, 0.25) is 0 Å². The van der Waals surface area contributed by atoms with E-state index in [2.05, 4.69) is 0 Å². The molecule has 0 amide bonds. The van der Waals surface area contributed by atoms with Gasteiger partial charge in [-0.15, -0.1) is 0 Å². The summed E-state index contributed by atoms with van der Waals surface area (Å²) in [5.74, 6) is 0. The first-order valence-corrected chi connectivity index (χ1v) is 6.23. The van der Waals surface area contributed by atoms with Crippen LogP contribution in [0, 0.1) is 0 Å². The van der Waals surface area contributed by atoms with Gasteiger partial charge in [-0.1, -0.05) is 26.7 Å². The van der Waals surface area contributed by atoms with E-state index in [4.69, 9.17) is 13.9 Å². The van der Waals surface area contributed by atoms with Gasteiger partial charge in [0.15, 0.2) is 0 Å². The molecule has 82 valence electrons. The SMILES string of the molecule is CCCCOP(=O)(O)OCCCC.[NaH]. The molecule has 0 aromatic carbocycles. The summed E-state index contributed by atoms with van der Waals surface area (Å²) in [4.78, 5) is 9.08. The first-order chi connectivity index (χ1) is 6.12. The van der Waals surface area contributed by atoms with Crippen LogP contribution in [0.1, 0.15) is 39.5 Å². The molecule has 0 heterocycles. The molecule has 0 aromatic heterocycles. The molecule has 14 heavy (non-hydrogen) atoms. The summed E-state index contributed by atoms with van der Waals surface area (Å²) in [7, 11) is -3.75. The van der Waals surface area contributed by atoms with Crippen molar-refractivity contribution in [2.75, 3.05) is 13.2 Å². The van der Waals surface area contributed by atoms with Crippen LogP contribution in [-0.2, 0) is 13.6 Å². The Morgan fingerprint density at radius 1 is 1.07 bits per heavy atom. The van der Waals surface area contributed by atoms with Crippen LogP contribution in [0.25, 0.3) is 0 Å². The normalized spacial score (nSPS) is 11.1. The fourth-order valence-corrected chi connectivity index (χ4v) is 1.48. The van der Waals surface area contributed by atoms with E-state index >= 15 is 0 Å². The second-order valence-corrected chi connectivity index (χ2v) is 4.30. The topological polar surface area (TPSA) is 55.8 Å². The molecule has 0 radical (unpaired) electrons. The molecular weight excluding hydrogens is 214 g/mol. The Labute approximate surface area is 108 Å². The van der Waals surface area contributed by atoms with E-state index in [1.807, 2.05) is 13.8 Å². The summed E-state index contributed by atoms with van der Waals surface area (Å²) in [5, 5.41) is 0.